The topological polar surface area (TPSA) is 38.3 Å². The first kappa shape index (κ1) is 21.7. The summed E-state index contributed by atoms with van der Waals surface area (Å²) in [5.41, 5.74) is 1.14. The van der Waals surface area contributed by atoms with Crippen LogP contribution in [0.4, 0.5) is 18.9 Å². The van der Waals surface area contributed by atoms with Gasteiger partial charge < -0.3 is 10.1 Å². The van der Waals surface area contributed by atoms with E-state index in [9.17, 15) is 18.0 Å². The van der Waals surface area contributed by atoms with Crippen LogP contribution in [0, 0.1) is 24.4 Å². The van der Waals surface area contributed by atoms with E-state index < -0.39 is 23.5 Å². The molecule has 0 aromatic heterocycles. The molecule has 0 saturated carbocycles. The molecule has 3 rings (SSSR count). The molecule has 3 aromatic rings. The summed E-state index contributed by atoms with van der Waals surface area (Å²) < 4.78 is 46.5. The van der Waals surface area contributed by atoms with E-state index in [1.165, 1.54) is 14.0 Å². The van der Waals surface area contributed by atoms with Gasteiger partial charge >= 0.3 is 0 Å². The van der Waals surface area contributed by atoms with Crippen molar-refractivity contribution in [3.05, 3.63) is 93.8 Å². The van der Waals surface area contributed by atoms with E-state index in [0.29, 0.717) is 21.9 Å². The molecule has 0 bridgehead atoms. The number of hydrogen-bond acceptors (Lipinski definition) is 3. The van der Waals surface area contributed by atoms with Gasteiger partial charge in [-0.15, -0.1) is 0 Å². The fourth-order valence-corrected chi connectivity index (χ4v) is 3.18. The molecule has 0 aliphatic heterocycles. The Kier molecular flexibility index (Phi) is 6.67. The van der Waals surface area contributed by atoms with Crippen molar-refractivity contribution in [3.63, 3.8) is 0 Å². The van der Waals surface area contributed by atoms with Crippen molar-refractivity contribution in [2.75, 3.05) is 12.4 Å². The third-order valence-corrected chi connectivity index (χ3v) is 5.06. The Morgan fingerprint density at radius 3 is 2.27 bits per heavy atom. The molecule has 0 amide bonds. The number of anilines is 1. The van der Waals surface area contributed by atoms with Gasteiger partial charge in [0, 0.05) is 34.3 Å². The van der Waals surface area contributed by atoms with Gasteiger partial charge in [0.1, 0.15) is 5.75 Å². The Labute approximate surface area is 177 Å². The van der Waals surface area contributed by atoms with Crippen LogP contribution in [0.5, 0.6) is 5.75 Å². The highest BCUT2D eigenvalue weighted by molar-refractivity contribution is 6.30. The molecular weight excluding hydrogens is 415 g/mol. The van der Waals surface area contributed by atoms with Gasteiger partial charge in [0.2, 0.25) is 0 Å². The number of halogens is 4. The summed E-state index contributed by atoms with van der Waals surface area (Å²) >= 11 is 5.88. The second kappa shape index (κ2) is 9.22. The fraction of sp³-hybridized carbons (Fsp3) is 0.174. The van der Waals surface area contributed by atoms with Crippen LogP contribution < -0.4 is 10.1 Å². The smallest absolute Gasteiger partial charge is 0.194 e. The molecule has 0 spiro atoms. The van der Waals surface area contributed by atoms with Crippen LogP contribution in [-0.4, -0.2) is 12.9 Å². The van der Waals surface area contributed by atoms with Crippen molar-refractivity contribution in [2.45, 2.75) is 19.4 Å². The van der Waals surface area contributed by atoms with Gasteiger partial charge in [0.25, 0.3) is 0 Å². The average molecular weight is 434 g/mol. The normalized spacial score (nSPS) is 11.8. The quantitative estimate of drug-likeness (QED) is 0.341. The number of nitrogens with one attached hydrogen (secondary N) is 1. The van der Waals surface area contributed by atoms with Gasteiger partial charge in [-0.25, -0.2) is 13.2 Å². The van der Waals surface area contributed by atoms with Crippen molar-refractivity contribution in [1.29, 1.82) is 0 Å². The van der Waals surface area contributed by atoms with Crippen LogP contribution in [0.15, 0.2) is 54.6 Å². The Balaban J connectivity index is 1.95. The molecule has 0 saturated heterocycles. The summed E-state index contributed by atoms with van der Waals surface area (Å²) in [7, 11) is 1.53. The summed E-state index contributed by atoms with van der Waals surface area (Å²) in [5, 5.41) is 3.49. The SMILES string of the molecule is COc1ccc(C(CC(=O)c2ccc(Cl)cc2)Nc2cc(F)c(F)c(F)c2C)cc1. The Hall–Kier alpha value is -2.99. The maximum Gasteiger partial charge on any atom is 0.194 e. The fourth-order valence-electron chi connectivity index (χ4n) is 3.05. The van der Waals surface area contributed by atoms with Crippen LogP contribution in [0.1, 0.15) is 33.9 Å². The van der Waals surface area contributed by atoms with Crippen LogP contribution in [0.3, 0.4) is 0 Å². The molecule has 1 unspecified atom stereocenters. The summed E-state index contributed by atoms with van der Waals surface area (Å²) in [6, 6.07) is 13.6. The molecule has 0 aliphatic rings. The predicted octanol–water partition coefficient (Wildman–Crippen LogP) is 6.50. The van der Waals surface area contributed by atoms with E-state index in [-0.39, 0.29) is 23.5 Å². The minimum absolute atomic E-state index is 0.00594. The lowest BCUT2D eigenvalue weighted by Gasteiger charge is -2.22. The van der Waals surface area contributed by atoms with Crippen molar-refractivity contribution in [2.24, 2.45) is 0 Å². The summed E-state index contributed by atoms with van der Waals surface area (Å²) in [5.74, 6) is -3.68. The third kappa shape index (κ3) is 4.76. The molecule has 1 atom stereocenters. The van der Waals surface area contributed by atoms with Crippen molar-refractivity contribution in [1.82, 2.24) is 0 Å². The lowest BCUT2D eigenvalue weighted by atomic mass is 9.97. The van der Waals surface area contributed by atoms with E-state index >= 15 is 0 Å². The van der Waals surface area contributed by atoms with E-state index in [1.807, 2.05) is 0 Å². The molecule has 0 radical (unpaired) electrons. The highest BCUT2D eigenvalue weighted by atomic mass is 35.5. The largest absolute Gasteiger partial charge is 0.497 e. The second-order valence-corrected chi connectivity index (χ2v) is 7.20. The van der Waals surface area contributed by atoms with E-state index in [2.05, 4.69) is 5.32 Å². The standard InChI is InChI=1S/C23H19ClF3NO2/c1-13-19(11-18(25)23(27)22(13)26)28-20(14-5-9-17(30-2)10-6-14)12-21(29)15-3-7-16(24)8-4-15/h3-11,20,28H,12H2,1-2H3. The number of hydrogen-bond donors (Lipinski definition) is 1. The highest BCUT2D eigenvalue weighted by Crippen LogP contribution is 2.30. The van der Waals surface area contributed by atoms with Crippen LogP contribution in [-0.2, 0) is 0 Å². The second-order valence-electron chi connectivity index (χ2n) is 6.76. The molecule has 3 nitrogen and oxygen atoms in total. The van der Waals surface area contributed by atoms with Crippen LogP contribution >= 0.6 is 11.6 Å². The van der Waals surface area contributed by atoms with Gasteiger partial charge in [0.15, 0.2) is 23.2 Å². The van der Waals surface area contributed by atoms with Gasteiger partial charge in [-0.05, 0) is 48.9 Å². The van der Waals surface area contributed by atoms with E-state index in [4.69, 9.17) is 16.3 Å². The molecule has 30 heavy (non-hydrogen) atoms. The molecular formula is C23H19ClF3NO2. The molecule has 0 heterocycles. The highest BCUT2D eigenvalue weighted by Gasteiger charge is 2.21. The first-order valence-electron chi connectivity index (χ1n) is 9.13. The zero-order valence-electron chi connectivity index (χ0n) is 16.3. The molecule has 0 fully saturated rings. The number of methoxy groups -OCH3 is 1. The molecule has 1 N–H and O–H groups in total. The Bertz CT molecular complexity index is 1050. The Morgan fingerprint density at radius 2 is 1.67 bits per heavy atom. The minimum atomic E-state index is -1.53. The summed E-state index contributed by atoms with van der Waals surface area (Å²) in [4.78, 5) is 12.8. The van der Waals surface area contributed by atoms with E-state index in [0.717, 1.165) is 6.07 Å². The maximum atomic E-state index is 14.0. The van der Waals surface area contributed by atoms with Gasteiger partial charge in [-0.2, -0.15) is 0 Å². The molecule has 3 aromatic carbocycles. The predicted molar refractivity (Wildman–Crippen MR) is 111 cm³/mol. The van der Waals surface area contributed by atoms with Crippen molar-refractivity contribution in [3.8, 4) is 5.75 Å². The number of carbonyl (C=O) groups excluding carboxylic acids is 1. The first-order chi connectivity index (χ1) is 14.3. The first-order valence-corrected chi connectivity index (χ1v) is 9.51. The number of ketones is 1. The van der Waals surface area contributed by atoms with Crippen molar-refractivity contribution < 1.29 is 22.7 Å². The zero-order valence-corrected chi connectivity index (χ0v) is 17.1. The van der Waals surface area contributed by atoms with E-state index in [1.54, 1.807) is 48.5 Å². The number of ether oxygens (including phenoxy) is 1. The van der Waals surface area contributed by atoms with Gasteiger partial charge in [-0.3, -0.25) is 4.79 Å². The van der Waals surface area contributed by atoms with Gasteiger partial charge in [-0.1, -0.05) is 23.7 Å². The monoisotopic (exact) mass is 433 g/mol. The lowest BCUT2D eigenvalue weighted by molar-refractivity contribution is 0.0976. The molecule has 7 heteroatoms. The molecule has 156 valence electrons. The lowest BCUT2D eigenvalue weighted by Crippen LogP contribution is -2.17. The average Bonchev–Trinajstić information content (AvgIpc) is 2.75. The maximum absolute atomic E-state index is 14.0. The number of rotatable bonds is 7. The third-order valence-electron chi connectivity index (χ3n) is 4.81. The Morgan fingerprint density at radius 1 is 1.03 bits per heavy atom. The number of Topliss-reactive ketones (excluding diaryl/α,β-unsaturated/α-hetero) is 1. The zero-order chi connectivity index (χ0) is 21.8. The van der Waals surface area contributed by atoms with Crippen LogP contribution in [0.2, 0.25) is 5.02 Å². The van der Waals surface area contributed by atoms with Gasteiger partial charge in [0.05, 0.1) is 13.2 Å². The van der Waals surface area contributed by atoms with Crippen LogP contribution in [0.25, 0.3) is 0 Å². The summed E-state index contributed by atoms with van der Waals surface area (Å²) in [6.45, 7) is 1.34. The summed E-state index contributed by atoms with van der Waals surface area (Å²) in [6.07, 6.45) is -0.00594. The van der Waals surface area contributed by atoms with Crippen molar-refractivity contribution >= 4 is 23.1 Å². The number of carbonyl (C=O) groups is 1. The molecule has 0 aliphatic carbocycles. The minimum Gasteiger partial charge on any atom is -0.497 e. The number of benzene rings is 3.